The molecule has 0 aliphatic carbocycles. The summed E-state index contributed by atoms with van der Waals surface area (Å²) in [4.78, 5) is 4.24. The molecule has 0 saturated carbocycles. The summed E-state index contributed by atoms with van der Waals surface area (Å²) in [5, 5.41) is 4.44. The fourth-order valence-electron chi connectivity index (χ4n) is 1.37. The summed E-state index contributed by atoms with van der Waals surface area (Å²) in [6, 6.07) is 0.378. The molecular weight excluding hydrogens is 198 g/mol. The second-order valence-electron chi connectivity index (χ2n) is 3.76. The van der Waals surface area contributed by atoms with Gasteiger partial charge in [-0.25, -0.2) is 9.67 Å². The molecule has 0 fully saturated rings. The van der Waals surface area contributed by atoms with E-state index in [1.165, 1.54) is 0 Å². The number of alkyl halides is 1. The zero-order valence-corrected chi connectivity index (χ0v) is 9.83. The van der Waals surface area contributed by atoms with Crippen molar-refractivity contribution in [3.8, 4) is 0 Å². The SMILES string of the molecule is CCC(Cl)CCc1ncnn1C(C)C. The minimum atomic E-state index is 0.257. The Morgan fingerprint density at radius 1 is 1.50 bits per heavy atom. The molecule has 0 spiro atoms. The molecular formula is C10H18ClN3. The molecule has 0 N–H and O–H groups in total. The van der Waals surface area contributed by atoms with Crippen LogP contribution in [0.1, 0.15) is 45.5 Å². The van der Waals surface area contributed by atoms with Crippen molar-refractivity contribution in [1.29, 1.82) is 0 Å². The lowest BCUT2D eigenvalue weighted by Gasteiger charge is -2.10. The molecule has 0 aliphatic rings. The van der Waals surface area contributed by atoms with Crippen molar-refractivity contribution in [3.63, 3.8) is 0 Å². The van der Waals surface area contributed by atoms with Gasteiger partial charge in [-0.2, -0.15) is 5.10 Å². The molecule has 1 heterocycles. The molecule has 0 bridgehead atoms. The number of halogens is 1. The minimum Gasteiger partial charge on any atom is -0.248 e. The number of rotatable bonds is 5. The molecule has 1 aromatic rings. The van der Waals surface area contributed by atoms with E-state index >= 15 is 0 Å². The van der Waals surface area contributed by atoms with Crippen LogP contribution in [0.15, 0.2) is 6.33 Å². The Morgan fingerprint density at radius 3 is 2.79 bits per heavy atom. The first kappa shape index (κ1) is 11.5. The van der Waals surface area contributed by atoms with Crippen LogP contribution in [0.4, 0.5) is 0 Å². The molecule has 0 saturated heterocycles. The summed E-state index contributed by atoms with van der Waals surface area (Å²) < 4.78 is 1.96. The van der Waals surface area contributed by atoms with Crippen molar-refractivity contribution in [2.75, 3.05) is 0 Å². The van der Waals surface area contributed by atoms with Crippen LogP contribution in [0.2, 0.25) is 0 Å². The molecule has 1 aromatic heterocycles. The highest BCUT2D eigenvalue weighted by Gasteiger charge is 2.09. The van der Waals surface area contributed by atoms with E-state index < -0.39 is 0 Å². The van der Waals surface area contributed by atoms with Crippen molar-refractivity contribution < 1.29 is 0 Å². The van der Waals surface area contributed by atoms with Gasteiger partial charge in [0.05, 0.1) is 0 Å². The summed E-state index contributed by atoms with van der Waals surface area (Å²) in [6.45, 7) is 6.32. The molecule has 80 valence electrons. The molecule has 0 amide bonds. The number of hydrogen-bond acceptors (Lipinski definition) is 2. The predicted octanol–water partition coefficient (Wildman–Crippen LogP) is 2.81. The van der Waals surface area contributed by atoms with E-state index in [2.05, 4.69) is 30.9 Å². The molecule has 1 rings (SSSR count). The third-order valence-corrected chi connectivity index (χ3v) is 2.79. The summed E-state index contributed by atoms with van der Waals surface area (Å²) in [6.07, 6.45) is 4.52. The Bertz CT molecular complexity index is 270. The Balaban J connectivity index is 2.54. The molecule has 14 heavy (non-hydrogen) atoms. The van der Waals surface area contributed by atoms with Crippen molar-refractivity contribution in [2.24, 2.45) is 0 Å². The lowest BCUT2D eigenvalue weighted by Crippen LogP contribution is -2.10. The first-order valence-corrected chi connectivity index (χ1v) is 5.61. The monoisotopic (exact) mass is 215 g/mol. The van der Waals surface area contributed by atoms with E-state index in [1.807, 2.05) is 4.68 Å². The van der Waals surface area contributed by atoms with Gasteiger partial charge in [-0.15, -0.1) is 11.6 Å². The largest absolute Gasteiger partial charge is 0.248 e. The zero-order valence-electron chi connectivity index (χ0n) is 9.07. The van der Waals surface area contributed by atoms with Gasteiger partial charge in [0.15, 0.2) is 0 Å². The first-order chi connectivity index (χ1) is 6.65. The maximum absolute atomic E-state index is 6.06. The standard InChI is InChI=1S/C10H18ClN3/c1-4-9(11)5-6-10-12-7-13-14(10)8(2)3/h7-9H,4-6H2,1-3H3. The van der Waals surface area contributed by atoms with E-state index in [-0.39, 0.29) is 5.38 Å². The van der Waals surface area contributed by atoms with Gasteiger partial charge in [-0.1, -0.05) is 6.92 Å². The molecule has 0 aromatic carbocycles. The summed E-state index contributed by atoms with van der Waals surface area (Å²) in [5.41, 5.74) is 0. The fourth-order valence-corrected chi connectivity index (χ4v) is 1.48. The van der Waals surface area contributed by atoms with Crippen LogP contribution in [0.5, 0.6) is 0 Å². The van der Waals surface area contributed by atoms with Crippen LogP contribution in [0.3, 0.4) is 0 Å². The Labute approximate surface area is 90.5 Å². The van der Waals surface area contributed by atoms with Crippen molar-refractivity contribution in [2.45, 2.75) is 51.5 Å². The van der Waals surface area contributed by atoms with Gasteiger partial charge in [0, 0.05) is 17.8 Å². The summed E-state index contributed by atoms with van der Waals surface area (Å²) >= 11 is 6.06. The van der Waals surface area contributed by atoms with Gasteiger partial charge in [0.25, 0.3) is 0 Å². The number of aromatic nitrogens is 3. The quantitative estimate of drug-likeness (QED) is 0.708. The van der Waals surface area contributed by atoms with Gasteiger partial charge < -0.3 is 0 Å². The van der Waals surface area contributed by atoms with Crippen LogP contribution in [0.25, 0.3) is 0 Å². The van der Waals surface area contributed by atoms with Crippen LogP contribution >= 0.6 is 11.6 Å². The van der Waals surface area contributed by atoms with E-state index in [0.29, 0.717) is 6.04 Å². The highest BCUT2D eigenvalue weighted by molar-refractivity contribution is 6.20. The highest BCUT2D eigenvalue weighted by Crippen LogP contribution is 2.12. The summed E-state index contributed by atoms with van der Waals surface area (Å²) in [5.74, 6) is 1.04. The predicted molar refractivity (Wildman–Crippen MR) is 58.7 cm³/mol. The van der Waals surface area contributed by atoms with Crippen molar-refractivity contribution in [1.82, 2.24) is 14.8 Å². The van der Waals surface area contributed by atoms with Gasteiger partial charge in [0.1, 0.15) is 12.2 Å². The van der Waals surface area contributed by atoms with Gasteiger partial charge >= 0.3 is 0 Å². The van der Waals surface area contributed by atoms with E-state index in [9.17, 15) is 0 Å². The average molecular weight is 216 g/mol. The highest BCUT2D eigenvalue weighted by atomic mass is 35.5. The van der Waals surface area contributed by atoms with Gasteiger partial charge in [0.2, 0.25) is 0 Å². The fraction of sp³-hybridized carbons (Fsp3) is 0.800. The first-order valence-electron chi connectivity index (χ1n) is 5.17. The van der Waals surface area contributed by atoms with Crippen LogP contribution in [-0.2, 0) is 6.42 Å². The second kappa shape index (κ2) is 5.35. The van der Waals surface area contributed by atoms with Gasteiger partial charge in [-0.3, -0.25) is 0 Å². The van der Waals surface area contributed by atoms with E-state index in [1.54, 1.807) is 6.33 Å². The molecule has 4 heteroatoms. The lowest BCUT2D eigenvalue weighted by atomic mass is 10.2. The molecule has 0 radical (unpaired) electrons. The number of nitrogens with zero attached hydrogens (tertiary/aromatic N) is 3. The maximum atomic E-state index is 6.06. The minimum absolute atomic E-state index is 0.257. The normalized spacial score (nSPS) is 13.5. The Morgan fingerprint density at radius 2 is 2.21 bits per heavy atom. The lowest BCUT2D eigenvalue weighted by molar-refractivity contribution is 0.498. The van der Waals surface area contributed by atoms with Crippen molar-refractivity contribution >= 4 is 11.6 Å². The topological polar surface area (TPSA) is 30.7 Å². The molecule has 1 unspecified atom stereocenters. The number of hydrogen-bond donors (Lipinski definition) is 0. The molecule has 3 nitrogen and oxygen atoms in total. The zero-order chi connectivity index (χ0) is 10.6. The number of aryl methyl sites for hydroxylation is 1. The third kappa shape index (κ3) is 2.98. The summed E-state index contributed by atoms with van der Waals surface area (Å²) in [7, 11) is 0. The Hall–Kier alpha value is -0.570. The smallest absolute Gasteiger partial charge is 0.138 e. The maximum Gasteiger partial charge on any atom is 0.138 e. The van der Waals surface area contributed by atoms with Crippen LogP contribution < -0.4 is 0 Å². The Kier molecular flexibility index (Phi) is 4.39. The second-order valence-corrected chi connectivity index (χ2v) is 4.38. The van der Waals surface area contributed by atoms with Crippen molar-refractivity contribution in [3.05, 3.63) is 12.2 Å². The molecule has 1 atom stereocenters. The third-order valence-electron chi connectivity index (χ3n) is 2.26. The molecule has 0 aliphatic heterocycles. The average Bonchev–Trinajstić information content (AvgIpc) is 2.62. The van der Waals surface area contributed by atoms with Crippen LogP contribution in [-0.4, -0.2) is 20.1 Å². The van der Waals surface area contributed by atoms with Crippen LogP contribution in [0, 0.1) is 0 Å². The van der Waals surface area contributed by atoms with Gasteiger partial charge in [-0.05, 0) is 26.7 Å². The van der Waals surface area contributed by atoms with E-state index in [4.69, 9.17) is 11.6 Å². The van der Waals surface area contributed by atoms with E-state index in [0.717, 1.165) is 25.1 Å².